The van der Waals surface area contributed by atoms with Crippen LogP contribution in [0.1, 0.15) is 11.3 Å². The van der Waals surface area contributed by atoms with E-state index in [-0.39, 0.29) is 5.56 Å². The van der Waals surface area contributed by atoms with E-state index in [0.717, 1.165) is 21.1 Å². The third-order valence-electron chi connectivity index (χ3n) is 3.20. The van der Waals surface area contributed by atoms with E-state index < -0.39 is 0 Å². The third kappa shape index (κ3) is 2.67. The van der Waals surface area contributed by atoms with Crippen molar-refractivity contribution in [1.29, 1.82) is 0 Å². The predicted molar refractivity (Wildman–Crippen MR) is 83.7 cm³/mol. The van der Waals surface area contributed by atoms with E-state index in [4.69, 9.17) is 4.74 Å². The molecule has 0 saturated heterocycles. The molecule has 0 fully saturated rings. The number of aromatic amines is 1. The van der Waals surface area contributed by atoms with Gasteiger partial charge in [-0.15, -0.1) is 0 Å². The zero-order valence-electron chi connectivity index (χ0n) is 11.3. The second-order valence-corrected chi connectivity index (χ2v) is 5.41. The quantitative estimate of drug-likeness (QED) is 0.792. The molecule has 2 heterocycles. The van der Waals surface area contributed by atoms with E-state index in [2.05, 4.69) is 31.1 Å². The number of hydrogen-bond acceptors (Lipinski definition) is 4. The number of rotatable bonds is 3. The molecule has 6 heteroatoms. The van der Waals surface area contributed by atoms with Gasteiger partial charge in [0.1, 0.15) is 0 Å². The molecule has 0 spiro atoms. The molecule has 1 aromatic carbocycles. The highest BCUT2D eigenvalue weighted by Gasteiger charge is 2.09. The van der Waals surface area contributed by atoms with Gasteiger partial charge < -0.3 is 4.74 Å². The molecule has 0 bridgehead atoms. The van der Waals surface area contributed by atoms with Gasteiger partial charge in [0.2, 0.25) is 5.88 Å². The minimum atomic E-state index is -0.177. The lowest BCUT2D eigenvalue weighted by molar-refractivity contribution is 0.394. The van der Waals surface area contributed by atoms with Crippen molar-refractivity contribution in [3.63, 3.8) is 0 Å². The first kappa shape index (κ1) is 13.8. The average Bonchev–Trinajstić information content (AvgIpc) is 2.51. The van der Waals surface area contributed by atoms with Crippen LogP contribution in [0.4, 0.5) is 0 Å². The maximum absolute atomic E-state index is 11.8. The minimum Gasteiger partial charge on any atom is -0.480 e. The first-order valence-electron chi connectivity index (χ1n) is 6.33. The molecule has 2 aromatic heterocycles. The van der Waals surface area contributed by atoms with Crippen molar-refractivity contribution in [2.24, 2.45) is 0 Å². The molecule has 0 aliphatic rings. The Labute approximate surface area is 129 Å². The summed E-state index contributed by atoms with van der Waals surface area (Å²) in [5.74, 6) is 0.540. The van der Waals surface area contributed by atoms with Gasteiger partial charge in [-0.25, -0.2) is 10.1 Å². The Balaban J connectivity index is 2.04. The molecule has 3 aromatic rings. The number of benzene rings is 1. The largest absolute Gasteiger partial charge is 0.480 e. The number of halogens is 1. The van der Waals surface area contributed by atoms with E-state index in [0.29, 0.717) is 17.7 Å². The number of fused-ring (bicyclic) bond motifs is 1. The molecule has 21 heavy (non-hydrogen) atoms. The number of ether oxygens (including phenoxy) is 1. The molecule has 0 unspecified atom stereocenters. The Morgan fingerprint density at radius 2 is 2.05 bits per heavy atom. The van der Waals surface area contributed by atoms with Gasteiger partial charge in [-0.1, -0.05) is 18.2 Å². The third-order valence-corrected chi connectivity index (χ3v) is 3.77. The molecule has 0 aliphatic carbocycles. The Morgan fingerprint density at radius 3 is 2.76 bits per heavy atom. The zero-order valence-corrected chi connectivity index (χ0v) is 12.8. The maximum Gasteiger partial charge on any atom is 0.272 e. The highest BCUT2D eigenvalue weighted by atomic mass is 79.9. The first-order chi connectivity index (χ1) is 10.2. The van der Waals surface area contributed by atoms with Gasteiger partial charge in [-0.05, 0) is 33.6 Å². The molecule has 0 aliphatic heterocycles. The lowest BCUT2D eigenvalue weighted by Gasteiger charge is -2.07. The van der Waals surface area contributed by atoms with Crippen LogP contribution in [0.25, 0.3) is 10.8 Å². The van der Waals surface area contributed by atoms with Crippen LogP contribution in [0.15, 0.2) is 45.8 Å². The van der Waals surface area contributed by atoms with Crippen LogP contribution in [0.5, 0.6) is 5.88 Å². The van der Waals surface area contributed by atoms with Crippen molar-refractivity contribution < 1.29 is 4.74 Å². The first-order valence-corrected chi connectivity index (χ1v) is 7.13. The average molecular weight is 346 g/mol. The summed E-state index contributed by atoms with van der Waals surface area (Å²) in [7, 11) is 1.57. The number of nitrogens with zero attached hydrogens (tertiary/aromatic N) is 2. The summed E-state index contributed by atoms with van der Waals surface area (Å²) < 4.78 is 5.90. The number of methoxy groups -OCH3 is 1. The molecule has 1 N–H and O–H groups in total. The molecule has 0 atom stereocenters. The van der Waals surface area contributed by atoms with Crippen molar-refractivity contribution in [3.05, 3.63) is 62.6 Å². The van der Waals surface area contributed by atoms with Crippen molar-refractivity contribution in [1.82, 2.24) is 15.2 Å². The van der Waals surface area contributed by atoms with Gasteiger partial charge in [0.15, 0.2) is 0 Å². The van der Waals surface area contributed by atoms with E-state index in [1.807, 2.05) is 24.3 Å². The van der Waals surface area contributed by atoms with Gasteiger partial charge in [-0.2, -0.15) is 5.10 Å². The van der Waals surface area contributed by atoms with Crippen molar-refractivity contribution in [2.45, 2.75) is 6.42 Å². The second-order valence-electron chi connectivity index (χ2n) is 4.56. The van der Waals surface area contributed by atoms with Gasteiger partial charge in [0, 0.05) is 18.0 Å². The monoisotopic (exact) mass is 345 g/mol. The number of aromatic nitrogens is 3. The number of pyridine rings is 1. The second kappa shape index (κ2) is 5.65. The van der Waals surface area contributed by atoms with Crippen LogP contribution in [0, 0.1) is 0 Å². The van der Waals surface area contributed by atoms with Crippen molar-refractivity contribution >= 4 is 26.7 Å². The van der Waals surface area contributed by atoms with Crippen LogP contribution in [-0.2, 0) is 6.42 Å². The molecule has 5 nitrogen and oxygen atoms in total. The van der Waals surface area contributed by atoms with Crippen molar-refractivity contribution in [2.75, 3.05) is 7.11 Å². The topological polar surface area (TPSA) is 67.9 Å². The lowest BCUT2D eigenvalue weighted by atomic mass is 10.1. The molecule has 3 rings (SSSR count). The Hall–Kier alpha value is -2.21. The Kier molecular flexibility index (Phi) is 3.70. The summed E-state index contributed by atoms with van der Waals surface area (Å²) in [4.78, 5) is 16.0. The molecule has 0 amide bonds. The fourth-order valence-electron chi connectivity index (χ4n) is 2.21. The SMILES string of the molecule is COc1ncc(Cc2n[nH]c(=O)c3ccccc23)cc1Br. The van der Waals surface area contributed by atoms with Crippen LogP contribution < -0.4 is 10.3 Å². The predicted octanol–water partition coefficient (Wildman–Crippen LogP) is 2.68. The molecular formula is C15H12BrN3O2. The van der Waals surface area contributed by atoms with Gasteiger partial charge in [-0.3, -0.25) is 4.79 Å². The van der Waals surface area contributed by atoms with Gasteiger partial charge in [0.05, 0.1) is 22.7 Å². The molecular weight excluding hydrogens is 334 g/mol. The summed E-state index contributed by atoms with van der Waals surface area (Å²) in [5, 5.41) is 8.20. The van der Waals surface area contributed by atoms with E-state index in [9.17, 15) is 4.79 Å². The van der Waals surface area contributed by atoms with E-state index >= 15 is 0 Å². The van der Waals surface area contributed by atoms with Crippen LogP contribution in [0.3, 0.4) is 0 Å². The fourth-order valence-corrected chi connectivity index (χ4v) is 2.77. The normalized spacial score (nSPS) is 10.8. The number of nitrogens with one attached hydrogen (secondary N) is 1. The highest BCUT2D eigenvalue weighted by Crippen LogP contribution is 2.24. The van der Waals surface area contributed by atoms with E-state index in [1.54, 1.807) is 19.4 Å². The Morgan fingerprint density at radius 1 is 1.29 bits per heavy atom. The molecule has 0 radical (unpaired) electrons. The van der Waals surface area contributed by atoms with Crippen LogP contribution in [-0.4, -0.2) is 22.3 Å². The van der Waals surface area contributed by atoms with Crippen LogP contribution >= 0.6 is 15.9 Å². The summed E-state index contributed by atoms with van der Waals surface area (Å²) in [5.41, 5.74) is 1.61. The van der Waals surface area contributed by atoms with Gasteiger partial charge >= 0.3 is 0 Å². The van der Waals surface area contributed by atoms with E-state index in [1.165, 1.54) is 0 Å². The summed E-state index contributed by atoms with van der Waals surface area (Å²) in [6.07, 6.45) is 2.32. The standard InChI is InChI=1S/C15H12BrN3O2/c1-21-15-12(16)6-9(8-17-15)7-13-10-4-2-3-5-11(10)14(20)19-18-13/h2-6,8H,7H2,1H3,(H,19,20). The molecule has 106 valence electrons. The Bertz CT molecular complexity index is 861. The summed E-state index contributed by atoms with van der Waals surface area (Å²) in [6.45, 7) is 0. The zero-order chi connectivity index (χ0) is 14.8. The lowest BCUT2D eigenvalue weighted by Crippen LogP contribution is -2.11. The maximum atomic E-state index is 11.8. The molecule has 0 saturated carbocycles. The smallest absolute Gasteiger partial charge is 0.272 e. The number of H-pyrrole nitrogens is 1. The number of hydrogen-bond donors (Lipinski definition) is 1. The summed E-state index contributed by atoms with van der Waals surface area (Å²) in [6, 6.07) is 9.37. The fraction of sp³-hybridized carbons (Fsp3) is 0.133. The van der Waals surface area contributed by atoms with Gasteiger partial charge in [0.25, 0.3) is 5.56 Å². The van der Waals surface area contributed by atoms with Crippen molar-refractivity contribution in [3.8, 4) is 5.88 Å². The van der Waals surface area contributed by atoms with Crippen LogP contribution in [0.2, 0.25) is 0 Å². The minimum absolute atomic E-state index is 0.177. The summed E-state index contributed by atoms with van der Waals surface area (Å²) >= 11 is 3.42. The highest BCUT2D eigenvalue weighted by molar-refractivity contribution is 9.10.